The molecule has 0 spiro atoms. The van der Waals surface area contributed by atoms with Gasteiger partial charge in [-0.1, -0.05) is 18.2 Å². The van der Waals surface area contributed by atoms with Crippen LogP contribution in [0.4, 0.5) is 10.5 Å². The Hall–Kier alpha value is -3.35. The number of hydrogen-bond donors (Lipinski definition) is 2. The third kappa shape index (κ3) is 4.25. The summed E-state index contributed by atoms with van der Waals surface area (Å²) in [6.45, 7) is 4.06. The molecule has 0 saturated carbocycles. The van der Waals surface area contributed by atoms with Gasteiger partial charge in [-0.2, -0.15) is 0 Å². The second kappa shape index (κ2) is 7.90. The molecule has 4 amide bonds. The summed E-state index contributed by atoms with van der Waals surface area (Å²) < 4.78 is 5.65. The molecule has 1 aliphatic heterocycles. The smallest absolute Gasteiger partial charge is 0.319 e. The molecule has 27 heavy (non-hydrogen) atoms. The van der Waals surface area contributed by atoms with Crippen molar-refractivity contribution >= 4 is 23.5 Å². The SMILES string of the molecule is CC(C)NC(=O)Nc1cccc(OCCN2C(=O)c3ccccc3C2=O)c1. The van der Waals surface area contributed by atoms with E-state index in [1.807, 2.05) is 13.8 Å². The van der Waals surface area contributed by atoms with Crippen molar-refractivity contribution in [3.8, 4) is 5.75 Å². The largest absolute Gasteiger partial charge is 0.492 e. The number of benzene rings is 2. The number of carbonyl (C=O) groups excluding carboxylic acids is 3. The number of fused-ring (bicyclic) bond motifs is 1. The van der Waals surface area contributed by atoms with Crippen molar-refractivity contribution in [2.45, 2.75) is 19.9 Å². The van der Waals surface area contributed by atoms with Gasteiger partial charge in [-0.3, -0.25) is 14.5 Å². The summed E-state index contributed by atoms with van der Waals surface area (Å²) in [4.78, 5) is 37.6. The fraction of sp³-hybridized carbons (Fsp3) is 0.250. The molecule has 3 rings (SSSR count). The lowest BCUT2D eigenvalue weighted by Crippen LogP contribution is -2.34. The number of hydrogen-bond acceptors (Lipinski definition) is 4. The van der Waals surface area contributed by atoms with Crippen LogP contribution in [0.15, 0.2) is 48.5 Å². The Labute approximate surface area is 157 Å². The predicted molar refractivity (Wildman–Crippen MR) is 101 cm³/mol. The maximum atomic E-state index is 12.3. The number of imide groups is 1. The fourth-order valence-electron chi connectivity index (χ4n) is 2.79. The van der Waals surface area contributed by atoms with Gasteiger partial charge >= 0.3 is 6.03 Å². The highest BCUT2D eigenvalue weighted by Crippen LogP contribution is 2.22. The fourth-order valence-corrected chi connectivity index (χ4v) is 2.79. The van der Waals surface area contributed by atoms with Crippen molar-refractivity contribution in [3.05, 3.63) is 59.7 Å². The minimum absolute atomic E-state index is 0.0316. The molecule has 0 saturated heterocycles. The molecule has 7 nitrogen and oxygen atoms in total. The average Bonchev–Trinajstić information content (AvgIpc) is 2.86. The van der Waals surface area contributed by atoms with Crippen LogP contribution >= 0.6 is 0 Å². The number of nitrogens with one attached hydrogen (secondary N) is 2. The van der Waals surface area contributed by atoms with Crippen LogP contribution in [0, 0.1) is 0 Å². The van der Waals surface area contributed by atoms with Gasteiger partial charge in [0.1, 0.15) is 12.4 Å². The number of ether oxygens (including phenoxy) is 1. The summed E-state index contributed by atoms with van der Waals surface area (Å²) in [7, 11) is 0. The molecule has 1 aliphatic rings. The highest BCUT2D eigenvalue weighted by molar-refractivity contribution is 6.21. The summed E-state index contributed by atoms with van der Waals surface area (Å²) in [6, 6.07) is 13.4. The zero-order valence-electron chi connectivity index (χ0n) is 15.2. The van der Waals surface area contributed by atoms with Gasteiger partial charge in [0.15, 0.2) is 0 Å². The number of anilines is 1. The van der Waals surface area contributed by atoms with Crippen LogP contribution in [0.5, 0.6) is 5.75 Å². The molecule has 2 aromatic rings. The number of nitrogens with zero attached hydrogens (tertiary/aromatic N) is 1. The second-order valence-electron chi connectivity index (χ2n) is 6.44. The third-order valence-electron chi connectivity index (χ3n) is 3.97. The first-order valence-corrected chi connectivity index (χ1v) is 8.71. The van der Waals surface area contributed by atoms with Crippen molar-refractivity contribution < 1.29 is 19.1 Å². The summed E-state index contributed by atoms with van der Waals surface area (Å²) >= 11 is 0. The van der Waals surface area contributed by atoms with E-state index in [0.717, 1.165) is 0 Å². The molecular formula is C20H21N3O4. The molecule has 2 N–H and O–H groups in total. The van der Waals surface area contributed by atoms with E-state index in [1.165, 1.54) is 4.90 Å². The molecule has 0 unspecified atom stereocenters. The number of amides is 4. The van der Waals surface area contributed by atoms with Crippen molar-refractivity contribution in [3.63, 3.8) is 0 Å². The van der Waals surface area contributed by atoms with Crippen molar-refractivity contribution in [1.82, 2.24) is 10.2 Å². The first kappa shape index (κ1) is 18.4. The highest BCUT2D eigenvalue weighted by atomic mass is 16.5. The minimum atomic E-state index is -0.306. The Morgan fingerprint density at radius 3 is 2.33 bits per heavy atom. The molecule has 0 radical (unpaired) electrons. The molecule has 1 heterocycles. The molecule has 140 valence electrons. The van der Waals surface area contributed by atoms with Gasteiger partial charge in [-0.05, 0) is 38.1 Å². The monoisotopic (exact) mass is 367 g/mol. The van der Waals surface area contributed by atoms with E-state index < -0.39 is 0 Å². The van der Waals surface area contributed by atoms with Gasteiger partial charge in [-0.15, -0.1) is 0 Å². The molecule has 0 fully saturated rings. The van der Waals surface area contributed by atoms with Crippen LogP contribution < -0.4 is 15.4 Å². The summed E-state index contributed by atoms with van der Waals surface area (Å²) in [5.74, 6) is -0.0751. The Kier molecular flexibility index (Phi) is 5.40. The van der Waals surface area contributed by atoms with Crippen LogP contribution in [0.1, 0.15) is 34.6 Å². The van der Waals surface area contributed by atoms with Crippen molar-refractivity contribution in [1.29, 1.82) is 0 Å². The Bertz CT molecular complexity index is 844. The van der Waals surface area contributed by atoms with E-state index in [9.17, 15) is 14.4 Å². The average molecular weight is 367 g/mol. The van der Waals surface area contributed by atoms with Gasteiger partial charge in [0.05, 0.1) is 17.7 Å². The zero-order chi connectivity index (χ0) is 19.4. The van der Waals surface area contributed by atoms with Gasteiger partial charge in [-0.25, -0.2) is 4.79 Å². The maximum Gasteiger partial charge on any atom is 0.319 e. The van der Waals surface area contributed by atoms with E-state index in [-0.39, 0.29) is 37.0 Å². The summed E-state index contributed by atoms with van der Waals surface area (Å²) in [5.41, 5.74) is 1.43. The Morgan fingerprint density at radius 1 is 1.04 bits per heavy atom. The predicted octanol–water partition coefficient (Wildman–Crippen LogP) is 2.89. The highest BCUT2D eigenvalue weighted by Gasteiger charge is 2.34. The van der Waals surface area contributed by atoms with Gasteiger partial charge in [0, 0.05) is 17.8 Å². The van der Waals surface area contributed by atoms with Gasteiger partial charge in [0.2, 0.25) is 0 Å². The van der Waals surface area contributed by atoms with Gasteiger partial charge in [0.25, 0.3) is 11.8 Å². The number of urea groups is 1. The lowest BCUT2D eigenvalue weighted by molar-refractivity contribution is 0.0631. The van der Waals surface area contributed by atoms with Crippen LogP contribution in [0.25, 0.3) is 0 Å². The van der Waals surface area contributed by atoms with E-state index >= 15 is 0 Å². The van der Waals surface area contributed by atoms with Crippen LogP contribution in [-0.4, -0.2) is 41.9 Å². The van der Waals surface area contributed by atoms with Gasteiger partial charge < -0.3 is 15.4 Å². The molecule has 0 atom stereocenters. The Balaban J connectivity index is 1.56. The summed E-state index contributed by atoms with van der Waals surface area (Å²) in [5, 5.41) is 5.46. The lowest BCUT2D eigenvalue weighted by atomic mass is 10.1. The lowest BCUT2D eigenvalue weighted by Gasteiger charge is -2.15. The second-order valence-corrected chi connectivity index (χ2v) is 6.44. The first-order valence-electron chi connectivity index (χ1n) is 8.71. The number of rotatable bonds is 6. The molecule has 2 aromatic carbocycles. The number of carbonyl (C=O) groups is 3. The summed E-state index contributed by atoms with van der Waals surface area (Å²) in [6.07, 6.45) is 0. The van der Waals surface area contributed by atoms with E-state index in [2.05, 4.69) is 10.6 Å². The molecule has 0 aliphatic carbocycles. The van der Waals surface area contributed by atoms with Crippen molar-refractivity contribution in [2.24, 2.45) is 0 Å². The van der Waals surface area contributed by atoms with Crippen molar-refractivity contribution in [2.75, 3.05) is 18.5 Å². The quantitative estimate of drug-likeness (QED) is 0.769. The molecule has 0 aromatic heterocycles. The minimum Gasteiger partial charge on any atom is -0.492 e. The third-order valence-corrected chi connectivity index (χ3v) is 3.97. The molecular weight excluding hydrogens is 346 g/mol. The van der Waals surface area contributed by atoms with E-state index in [4.69, 9.17) is 4.74 Å². The van der Waals surface area contributed by atoms with Crippen LogP contribution in [-0.2, 0) is 0 Å². The van der Waals surface area contributed by atoms with Crippen LogP contribution in [0.3, 0.4) is 0 Å². The zero-order valence-corrected chi connectivity index (χ0v) is 15.2. The van der Waals surface area contributed by atoms with E-state index in [1.54, 1.807) is 48.5 Å². The van der Waals surface area contributed by atoms with Crippen LogP contribution in [0.2, 0.25) is 0 Å². The Morgan fingerprint density at radius 2 is 1.70 bits per heavy atom. The van der Waals surface area contributed by atoms with E-state index in [0.29, 0.717) is 22.6 Å². The molecule has 7 heteroatoms. The molecule has 0 bridgehead atoms. The normalized spacial score (nSPS) is 12.9. The maximum absolute atomic E-state index is 12.3. The topological polar surface area (TPSA) is 87.7 Å². The first-order chi connectivity index (χ1) is 13.0. The standard InChI is InChI=1S/C20H21N3O4/c1-13(2)21-20(26)22-14-6-5-7-15(12-14)27-11-10-23-18(24)16-8-3-4-9-17(16)19(23)25/h3-9,12-13H,10-11H2,1-2H3,(H2,21,22,26).